The molecule has 1 heterocycles. The number of nitrogens with one attached hydrogen (secondary N) is 3. The molecule has 3 aromatic carbocycles. The Morgan fingerprint density at radius 2 is 1.79 bits per heavy atom. The predicted octanol–water partition coefficient (Wildman–Crippen LogP) is 4.34. The first kappa shape index (κ1) is 22.4. The summed E-state index contributed by atoms with van der Waals surface area (Å²) >= 11 is 0. The fourth-order valence-electron chi connectivity index (χ4n) is 3.56. The van der Waals surface area contributed by atoms with E-state index in [4.69, 9.17) is 4.74 Å². The second-order valence-corrected chi connectivity index (χ2v) is 9.14. The van der Waals surface area contributed by atoms with Gasteiger partial charge in [-0.05, 0) is 67.4 Å². The molecule has 0 fully saturated rings. The summed E-state index contributed by atoms with van der Waals surface area (Å²) in [5.74, 6) is 0.333. The molecule has 0 unspecified atom stereocenters. The Kier molecular flexibility index (Phi) is 6.65. The molecule has 1 aromatic heterocycles. The average Bonchev–Trinajstić information content (AvgIpc) is 3.23. The second kappa shape index (κ2) is 9.79. The first-order valence-corrected chi connectivity index (χ1v) is 12.1. The van der Waals surface area contributed by atoms with Gasteiger partial charge in [0.1, 0.15) is 5.75 Å². The van der Waals surface area contributed by atoms with Gasteiger partial charge in [0.2, 0.25) is 0 Å². The van der Waals surface area contributed by atoms with Gasteiger partial charge >= 0.3 is 0 Å². The number of fused-ring (bicyclic) bond motifs is 1. The fraction of sp³-hybridized carbons (Fsp3) is 0.160. The number of hydrogen-bond donors (Lipinski definition) is 3. The SMILES string of the molecule is CCOc1ccc(NS(=O)(=O)c2cccc(C(=O)NCCc3c[nH]c4ccccc34)c2)cc1. The summed E-state index contributed by atoms with van der Waals surface area (Å²) in [5.41, 5.74) is 2.86. The van der Waals surface area contributed by atoms with Gasteiger partial charge < -0.3 is 15.0 Å². The van der Waals surface area contributed by atoms with Crippen molar-refractivity contribution in [3.05, 3.63) is 90.1 Å². The maximum atomic E-state index is 12.8. The summed E-state index contributed by atoms with van der Waals surface area (Å²) in [4.78, 5) is 15.9. The number of ether oxygens (including phenoxy) is 1. The van der Waals surface area contributed by atoms with Crippen molar-refractivity contribution in [2.24, 2.45) is 0 Å². The lowest BCUT2D eigenvalue weighted by atomic mass is 10.1. The number of H-pyrrole nitrogens is 1. The minimum atomic E-state index is -3.85. The van der Waals surface area contributed by atoms with Crippen LogP contribution in [-0.4, -0.2) is 32.5 Å². The largest absolute Gasteiger partial charge is 0.494 e. The maximum Gasteiger partial charge on any atom is 0.261 e. The zero-order chi connectivity index (χ0) is 23.3. The molecule has 33 heavy (non-hydrogen) atoms. The molecule has 0 aliphatic heterocycles. The molecule has 4 rings (SSSR count). The number of carbonyl (C=O) groups excluding carboxylic acids is 1. The highest BCUT2D eigenvalue weighted by Crippen LogP contribution is 2.21. The number of carbonyl (C=O) groups is 1. The van der Waals surface area contributed by atoms with Gasteiger partial charge in [-0.3, -0.25) is 9.52 Å². The van der Waals surface area contributed by atoms with Crippen LogP contribution in [0, 0.1) is 0 Å². The summed E-state index contributed by atoms with van der Waals surface area (Å²) in [6, 6.07) is 20.6. The number of hydrogen-bond acceptors (Lipinski definition) is 4. The average molecular weight is 464 g/mol. The maximum absolute atomic E-state index is 12.8. The molecule has 0 radical (unpaired) electrons. The minimum absolute atomic E-state index is 0.0145. The smallest absolute Gasteiger partial charge is 0.261 e. The van der Waals surface area contributed by atoms with E-state index in [1.807, 2.05) is 37.4 Å². The molecule has 0 spiro atoms. The lowest BCUT2D eigenvalue weighted by Crippen LogP contribution is -2.26. The quantitative estimate of drug-likeness (QED) is 0.344. The third-order valence-corrected chi connectivity index (χ3v) is 6.56. The van der Waals surface area contributed by atoms with Gasteiger partial charge in [0.15, 0.2) is 0 Å². The second-order valence-electron chi connectivity index (χ2n) is 7.46. The molecule has 0 atom stereocenters. The van der Waals surface area contributed by atoms with Gasteiger partial charge in [-0.25, -0.2) is 8.42 Å². The van der Waals surface area contributed by atoms with Gasteiger partial charge in [-0.1, -0.05) is 24.3 Å². The van der Waals surface area contributed by atoms with Gasteiger partial charge in [-0.15, -0.1) is 0 Å². The summed E-state index contributed by atoms with van der Waals surface area (Å²) in [5, 5.41) is 3.99. The van der Waals surface area contributed by atoms with Crippen molar-refractivity contribution in [2.45, 2.75) is 18.2 Å². The number of aromatic nitrogens is 1. The van der Waals surface area contributed by atoms with E-state index < -0.39 is 10.0 Å². The van der Waals surface area contributed by atoms with E-state index in [0.29, 0.717) is 31.0 Å². The molecule has 0 saturated carbocycles. The number of amides is 1. The summed E-state index contributed by atoms with van der Waals surface area (Å²) in [6.45, 7) is 2.84. The van der Waals surface area contributed by atoms with E-state index in [0.717, 1.165) is 16.5 Å². The highest BCUT2D eigenvalue weighted by molar-refractivity contribution is 7.92. The van der Waals surface area contributed by atoms with Crippen LogP contribution in [0.2, 0.25) is 0 Å². The molecule has 1 amide bonds. The van der Waals surface area contributed by atoms with Crippen molar-refractivity contribution < 1.29 is 17.9 Å². The Balaban J connectivity index is 1.40. The van der Waals surface area contributed by atoms with Gasteiger partial charge in [-0.2, -0.15) is 0 Å². The van der Waals surface area contributed by atoms with E-state index >= 15 is 0 Å². The van der Waals surface area contributed by atoms with E-state index in [9.17, 15) is 13.2 Å². The van der Waals surface area contributed by atoms with Crippen LogP contribution >= 0.6 is 0 Å². The minimum Gasteiger partial charge on any atom is -0.494 e. The number of aromatic amines is 1. The molecule has 170 valence electrons. The van der Waals surface area contributed by atoms with Crippen LogP contribution in [0.3, 0.4) is 0 Å². The van der Waals surface area contributed by atoms with Crippen LogP contribution < -0.4 is 14.8 Å². The third kappa shape index (κ3) is 5.35. The zero-order valence-electron chi connectivity index (χ0n) is 18.2. The van der Waals surface area contributed by atoms with Crippen LogP contribution in [0.15, 0.2) is 83.9 Å². The summed E-state index contributed by atoms with van der Waals surface area (Å²) < 4.78 is 33.5. The number of rotatable bonds is 9. The van der Waals surface area contributed by atoms with Crippen LogP contribution in [-0.2, 0) is 16.4 Å². The van der Waals surface area contributed by atoms with Crippen LogP contribution in [0.25, 0.3) is 10.9 Å². The van der Waals surface area contributed by atoms with Gasteiger partial charge in [0, 0.05) is 34.9 Å². The molecule has 8 heteroatoms. The Morgan fingerprint density at radius 3 is 2.58 bits per heavy atom. The molecule has 3 N–H and O–H groups in total. The Bertz CT molecular complexity index is 1360. The molecular formula is C25H25N3O4S. The topological polar surface area (TPSA) is 100 Å². The summed E-state index contributed by atoms with van der Waals surface area (Å²) in [6.07, 6.45) is 2.60. The standard InChI is InChI=1S/C25H25N3O4S/c1-2-32-21-12-10-20(11-13-21)28-33(30,31)22-7-5-6-18(16-22)25(29)26-15-14-19-17-27-24-9-4-3-8-23(19)24/h3-13,16-17,27-28H,2,14-15H2,1H3,(H,26,29). The van der Waals surface area contributed by atoms with Crippen molar-refractivity contribution in [3.63, 3.8) is 0 Å². The van der Waals surface area contributed by atoms with Crippen molar-refractivity contribution in [3.8, 4) is 5.75 Å². The predicted molar refractivity (Wildman–Crippen MR) is 129 cm³/mol. The van der Waals surface area contributed by atoms with Crippen molar-refractivity contribution >= 4 is 32.5 Å². The molecular weight excluding hydrogens is 438 g/mol. The van der Waals surface area contributed by atoms with Crippen molar-refractivity contribution in [1.29, 1.82) is 0 Å². The molecule has 0 saturated heterocycles. The molecule has 0 aliphatic carbocycles. The first-order valence-electron chi connectivity index (χ1n) is 10.7. The monoisotopic (exact) mass is 463 g/mol. The molecule has 0 bridgehead atoms. The number of benzene rings is 3. The molecule has 4 aromatic rings. The number of anilines is 1. The summed E-state index contributed by atoms with van der Waals surface area (Å²) in [7, 11) is -3.85. The van der Waals surface area contributed by atoms with Crippen LogP contribution in [0.5, 0.6) is 5.75 Å². The van der Waals surface area contributed by atoms with E-state index in [1.54, 1.807) is 36.4 Å². The zero-order valence-corrected chi connectivity index (χ0v) is 19.0. The van der Waals surface area contributed by atoms with Crippen LogP contribution in [0.1, 0.15) is 22.8 Å². The molecule has 7 nitrogen and oxygen atoms in total. The lowest BCUT2D eigenvalue weighted by molar-refractivity contribution is 0.0954. The highest BCUT2D eigenvalue weighted by Gasteiger charge is 2.17. The highest BCUT2D eigenvalue weighted by atomic mass is 32.2. The normalized spacial score (nSPS) is 11.3. The van der Waals surface area contributed by atoms with E-state index in [-0.39, 0.29) is 16.4 Å². The van der Waals surface area contributed by atoms with E-state index in [2.05, 4.69) is 15.0 Å². The van der Waals surface area contributed by atoms with Crippen LogP contribution in [0.4, 0.5) is 5.69 Å². The lowest BCUT2D eigenvalue weighted by Gasteiger charge is -2.11. The fourth-order valence-corrected chi connectivity index (χ4v) is 4.66. The molecule has 0 aliphatic rings. The van der Waals surface area contributed by atoms with Gasteiger partial charge in [0.25, 0.3) is 15.9 Å². The Hall–Kier alpha value is -3.78. The van der Waals surface area contributed by atoms with Gasteiger partial charge in [0.05, 0.1) is 11.5 Å². The van der Waals surface area contributed by atoms with Crippen molar-refractivity contribution in [2.75, 3.05) is 17.9 Å². The Morgan fingerprint density at radius 1 is 1.00 bits per heavy atom. The van der Waals surface area contributed by atoms with Crippen molar-refractivity contribution in [1.82, 2.24) is 10.3 Å². The van der Waals surface area contributed by atoms with E-state index in [1.165, 1.54) is 12.1 Å². The number of para-hydroxylation sites is 1. The first-order chi connectivity index (χ1) is 16.0. The Labute approximate surface area is 192 Å². The third-order valence-electron chi connectivity index (χ3n) is 5.18. The number of sulfonamides is 1.